The van der Waals surface area contributed by atoms with Crippen molar-refractivity contribution in [2.75, 3.05) is 26.8 Å². The topological polar surface area (TPSA) is 73.6 Å². The fourth-order valence-corrected chi connectivity index (χ4v) is 1.36. The van der Waals surface area contributed by atoms with E-state index in [0.29, 0.717) is 36.8 Å². The molecule has 0 heterocycles. The Labute approximate surface area is 107 Å². The molecule has 1 rings (SSSR count). The van der Waals surface area contributed by atoms with E-state index in [1.165, 1.54) is 7.11 Å². The van der Waals surface area contributed by atoms with Gasteiger partial charge in [-0.3, -0.25) is 4.79 Å². The van der Waals surface area contributed by atoms with Crippen LogP contribution in [-0.4, -0.2) is 32.7 Å². The molecular weight excluding hydrogens is 232 g/mol. The van der Waals surface area contributed by atoms with E-state index in [4.69, 9.17) is 15.2 Å². The van der Waals surface area contributed by atoms with E-state index in [1.54, 1.807) is 24.3 Å². The molecule has 0 fully saturated rings. The van der Waals surface area contributed by atoms with Crippen molar-refractivity contribution in [3.8, 4) is 11.5 Å². The third-order valence-corrected chi connectivity index (χ3v) is 2.21. The first-order valence-electron chi connectivity index (χ1n) is 5.63. The van der Waals surface area contributed by atoms with Crippen LogP contribution in [0.3, 0.4) is 0 Å². The molecule has 1 aromatic carbocycles. The Morgan fingerprint density at radius 1 is 1.50 bits per heavy atom. The number of nitrogens with two attached hydrogens (primary N) is 1. The predicted octanol–water partition coefficient (Wildman–Crippen LogP) is 0.949. The lowest BCUT2D eigenvalue weighted by atomic mass is 10.2. The van der Waals surface area contributed by atoms with E-state index < -0.39 is 0 Å². The molecule has 1 amide bonds. The van der Waals surface area contributed by atoms with Gasteiger partial charge in [0.1, 0.15) is 6.61 Å². The fourth-order valence-electron chi connectivity index (χ4n) is 1.36. The van der Waals surface area contributed by atoms with Crippen molar-refractivity contribution in [3.63, 3.8) is 0 Å². The maximum atomic E-state index is 11.7. The molecule has 0 saturated heterocycles. The maximum Gasteiger partial charge on any atom is 0.251 e. The summed E-state index contributed by atoms with van der Waals surface area (Å²) in [4.78, 5) is 11.7. The molecule has 0 aliphatic rings. The summed E-state index contributed by atoms with van der Waals surface area (Å²) in [6, 6.07) is 5.00. The molecule has 0 unspecified atom stereocenters. The SMILES string of the molecule is C=CCOc1ccc(C(=O)NCCN)cc1OC. The smallest absolute Gasteiger partial charge is 0.251 e. The molecule has 0 radical (unpaired) electrons. The number of hydrogen-bond acceptors (Lipinski definition) is 4. The van der Waals surface area contributed by atoms with Crippen LogP contribution in [0, 0.1) is 0 Å². The van der Waals surface area contributed by atoms with Crippen LogP contribution in [0.15, 0.2) is 30.9 Å². The van der Waals surface area contributed by atoms with Gasteiger partial charge >= 0.3 is 0 Å². The Morgan fingerprint density at radius 2 is 2.28 bits per heavy atom. The van der Waals surface area contributed by atoms with Gasteiger partial charge < -0.3 is 20.5 Å². The molecule has 0 atom stereocenters. The third kappa shape index (κ3) is 3.78. The van der Waals surface area contributed by atoms with Crippen molar-refractivity contribution in [2.45, 2.75) is 0 Å². The standard InChI is InChI=1S/C13H18N2O3/c1-3-8-18-11-5-4-10(9-12(11)17-2)13(16)15-7-6-14/h3-5,9H,1,6-8,14H2,2H3,(H,15,16). The minimum absolute atomic E-state index is 0.186. The fraction of sp³-hybridized carbons (Fsp3) is 0.308. The lowest BCUT2D eigenvalue weighted by molar-refractivity contribution is 0.0954. The summed E-state index contributed by atoms with van der Waals surface area (Å²) in [5.74, 6) is 0.902. The molecule has 0 spiro atoms. The van der Waals surface area contributed by atoms with Gasteiger partial charge in [-0.25, -0.2) is 0 Å². The van der Waals surface area contributed by atoms with Crippen molar-refractivity contribution in [1.29, 1.82) is 0 Å². The first-order chi connectivity index (χ1) is 8.72. The molecule has 1 aromatic rings. The number of carbonyl (C=O) groups excluding carboxylic acids is 1. The molecule has 5 nitrogen and oxygen atoms in total. The zero-order valence-electron chi connectivity index (χ0n) is 10.4. The molecule has 0 saturated carbocycles. The Hall–Kier alpha value is -2.01. The van der Waals surface area contributed by atoms with Crippen LogP contribution in [0.1, 0.15) is 10.4 Å². The number of rotatable bonds is 7. The quantitative estimate of drug-likeness (QED) is 0.707. The van der Waals surface area contributed by atoms with Gasteiger partial charge in [-0.15, -0.1) is 0 Å². The molecule has 18 heavy (non-hydrogen) atoms. The zero-order valence-corrected chi connectivity index (χ0v) is 10.4. The van der Waals surface area contributed by atoms with E-state index in [0.717, 1.165) is 0 Å². The van der Waals surface area contributed by atoms with E-state index in [1.807, 2.05) is 0 Å². The molecule has 3 N–H and O–H groups in total. The molecule has 0 aliphatic carbocycles. The van der Waals surface area contributed by atoms with Gasteiger partial charge in [0.2, 0.25) is 0 Å². The highest BCUT2D eigenvalue weighted by atomic mass is 16.5. The van der Waals surface area contributed by atoms with Crippen molar-refractivity contribution < 1.29 is 14.3 Å². The average molecular weight is 250 g/mol. The normalized spacial score (nSPS) is 9.67. The van der Waals surface area contributed by atoms with Crippen LogP contribution in [-0.2, 0) is 0 Å². The first-order valence-corrected chi connectivity index (χ1v) is 5.63. The summed E-state index contributed by atoms with van der Waals surface area (Å²) in [6.45, 7) is 4.80. The monoisotopic (exact) mass is 250 g/mol. The van der Waals surface area contributed by atoms with E-state index >= 15 is 0 Å². The molecule has 98 valence electrons. The number of amides is 1. The van der Waals surface area contributed by atoms with Gasteiger partial charge in [0.05, 0.1) is 7.11 Å². The molecule has 0 aliphatic heterocycles. The van der Waals surface area contributed by atoms with Gasteiger partial charge in [-0.2, -0.15) is 0 Å². The van der Waals surface area contributed by atoms with Crippen LogP contribution in [0.25, 0.3) is 0 Å². The highest BCUT2D eigenvalue weighted by molar-refractivity contribution is 5.94. The van der Waals surface area contributed by atoms with E-state index in [2.05, 4.69) is 11.9 Å². The highest BCUT2D eigenvalue weighted by Gasteiger charge is 2.10. The second-order valence-electron chi connectivity index (χ2n) is 3.51. The lowest BCUT2D eigenvalue weighted by Crippen LogP contribution is -2.28. The van der Waals surface area contributed by atoms with Crippen LogP contribution < -0.4 is 20.5 Å². The Morgan fingerprint density at radius 3 is 2.89 bits per heavy atom. The lowest BCUT2D eigenvalue weighted by Gasteiger charge is -2.11. The maximum absolute atomic E-state index is 11.7. The number of methoxy groups -OCH3 is 1. The summed E-state index contributed by atoms with van der Waals surface area (Å²) in [7, 11) is 1.53. The minimum Gasteiger partial charge on any atom is -0.493 e. The number of nitrogens with one attached hydrogen (secondary N) is 1. The summed E-state index contributed by atoms with van der Waals surface area (Å²) >= 11 is 0. The molecule has 0 aromatic heterocycles. The average Bonchev–Trinajstić information content (AvgIpc) is 2.42. The second kappa shape index (κ2) is 7.34. The third-order valence-electron chi connectivity index (χ3n) is 2.21. The van der Waals surface area contributed by atoms with Gasteiger partial charge in [0.15, 0.2) is 11.5 Å². The van der Waals surface area contributed by atoms with Crippen LogP contribution in [0.4, 0.5) is 0 Å². The van der Waals surface area contributed by atoms with Gasteiger partial charge in [-0.05, 0) is 18.2 Å². The predicted molar refractivity (Wildman–Crippen MR) is 70.1 cm³/mol. The summed E-state index contributed by atoms with van der Waals surface area (Å²) in [6.07, 6.45) is 1.64. The number of carbonyl (C=O) groups is 1. The van der Waals surface area contributed by atoms with Crippen LogP contribution >= 0.6 is 0 Å². The van der Waals surface area contributed by atoms with Crippen molar-refractivity contribution in [3.05, 3.63) is 36.4 Å². The van der Waals surface area contributed by atoms with Crippen molar-refractivity contribution in [1.82, 2.24) is 5.32 Å². The number of ether oxygens (including phenoxy) is 2. The molecular formula is C13H18N2O3. The number of benzene rings is 1. The highest BCUT2D eigenvalue weighted by Crippen LogP contribution is 2.27. The van der Waals surface area contributed by atoms with Crippen LogP contribution in [0.5, 0.6) is 11.5 Å². The van der Waals surface area contributed by atoms with Crippen molar-refractivity contribution >= 4 is 5.91 Å². The number of hydrogen-bond donors (Lipinski definition) is 2. The summed E-state index contributed by atoms with van der Waals surface area (Å²) in [5.41, 5.74) is 5.83. The minimum atomic E-state index is -0.186. The van der Waals surface area contributed by atoms with Gasteiger partial charge in [0.25, 0.3) is 5.91 Å². The Kier molecular flexibility index (Phi) is 5.73. The largest absolute Gasteiger partial charge is 0.493 e. The first kappa shape index (κ1) is 14.1. The summed E-state index contributed by atoms with van der Waals surface area (Å²) < 4.78 is 10.6. The van der Waals surface area contributed by atoms with E-state index in [9.17, 15) is 4.79 Å². The van der Waals surface area contributed by atoms with Crippen molar-refractivity contribution in [2.24, 2.45) is 5.73 Å². The molecule has 5 heteroatoms. The van der Waals surface area contributed by atoms with Gasteiger partial charge in [0, 0.05) is 18.7 Å². The van der Waals surface area contributed by atoms with E-state index in [-0.39, 0.29) is 5.91 Å². The summed E-state index contributed by atoms with van der Waals surface area (Å²) in [5, 5.41) is 2.69. The Bertz CT molecular complexity index is 419. The van der Waals surface area contributed by atoms with Gasteiger partial charge in [-0.1, -0.05) is 12.7 Å². The van der Waals surface area contributed by atoms with Crippen LogP contribution in [0.2, 0.25) is 0 Å². The Balaban J connectivity index is 2.83. The zero-order chi connectivity index (χ0) is 13.4. The second-order valence-corrected chi connectivity index (χ2v) is 3.51. The molecule has 0 bridgehead atoms.